The Bertz CT molecular complexity index is 1220. The van der Waals surface area contributed by atoms with Crippen molar-refractivity contribution >= 4 is 15.7 Å². The Hall–Kier alpha value is -3.07. The standard InChI is InChI=1S/C26H29N3O4S/c1-20-7-10-23(11-8-20)34(30,31)27-18-24(21-9-12-25-26(17-21)33-19-32-25)29-15-13-28(14-16-29)22-5-3-2-4-6-22/h2-12,17,24,27H,13-16,18-19H2,1H3/t24-/m0/s1. The molecule has 0 aromatic heterocycles. The SMILES string of the molecule is Cc1ccc(S(=O)(=O)NC[C@@H](c2ccc3c(c2)OCO3)N2CCN(c3ccccc3)CC2)cc1. The summed E-state index contributed by atoms with van der Waals surface area (Å²) < 4.78 is 39.9. The van der Waals surface area contributed by atoms with Crippen molar-refractivity contribution in [3.05, 3.63) is 83.9 Å². The number of nitrogens with zero attached hydrogens (tertiary/aromatic N) is 2. The molecule has 0 spiro atoms. The van der Waals surface area contributed by atoms with Crippen molar-refractivity contribution < 1.29 is 17.9 Å². The van der Waals surface area contributed by atoms with Crippen LogP contribution in [0.2, 0.25) is 0 Å². The molecule has 3 aromatic carbocycles. The average Bonchev–Trinajstić information content (AvgIpc) is 3.33. The number of hydrogen-bond donors (Lipinski definition) is 1. The van der Waals surface area contributed by atoms with Crippen molar-refractivity contribution in [2.45, 2.75) is 17.9 Å². The van der Waals surface area contributed by atoms with Gasteiger partial charge in [0.25, 0.3) is 0 Å². The summed E-state index contributed by atoms with van der Waals surface area (Å²) in [5, 5.41) is 0. The van der Waals surface area contributed by atoms with E-state index >= 15 is 0 Å². The molecular formula is C26H29N3O4S. The topological polar surface area (TPSA) is 71.1 Å². The first kappa shape index (κ1) is 22.7. The van der Waals surface area contributed by atoms with Crippen LogP contribution in [-0.2, 0) is 10.0 Å². The minimum Gasteiger partial charge on any atom is -0.454 e. The Morgan fingerprint density at radius 1 is 0.882 bits per heavy atom. The third-order valence-corrected chi connectivity index (χ3v) is 7.90. The van der Waals surface area contributed by atoms with Crippen molar-refractivity contribution in [2.24, 2.45) is 0 Å². The molecule has 1 saturated heterocycles. The lowest BCUT2D eigenvalue weighted by Crippen LogP contribution is -2.49. The number of para-hydroxylation sites is 1. The number of anilines is 1. The Balaban J connectivity index is 1.35. The first-order valence-electron chi connectivity index (χ1n) is 11.5. The van der Waals surface area contributed by atoms with E-state index < -0.39 is 10.0 Å². The van der Waals surface area contributed by atoms with Crippen LogP contribution in [-0.4, -0.2) is 52.8 Å². The largest absolute Gasteiger partial charge is 0.454 e. The Morgan fingerprint density at radius 2 is 1.59 bits per heavy atom. The lowest BCUT2D eigenvalue weighted by molar-refractivity contribution is 0.173. The zero-order valence-electron chi connectivity index (χ0n) is 19.2. The van der Waals surface area contributed by atoms with Gasteiger partial charge in [0.2, 0.25) is 16.8 Å². The zero-order valence-corrected chi connectivity index (χ0v) is 20.0. The fourth-order valence-electron chi connectivity index (χ4n) is 4.50. The number of benzene rings is 3. The number of nitrogens with one attached hydrogen (secondary N) is 1. The van der Waals surface area contributed by atoms with E-state index in [2.05, 4.69) is 38.8 Å². The number of sulfonamides is 1. The summed E-state index contributed by atoms with van der Waals surface area (Å²) in [7, 11) is -3.63. The number of aryl methyl sites for hydroxylation is 1. The molecule has 1 N–H and O–H groups in total. The van der Waals surface area contributed by atoms with Gasteiger partial charge in [0, 0.05) is 44.5 Å². The molecule has 178 valence electrons. The summed E-state index contributed by atoms with van der Waals surface area (Å²) in [5.41, 5.74) is 3.24. The monoisotopic (exact) mass is 479 g/mol. The highest BCUT2D eigenvalue weighted by atomic mass is 32.2. The molecule has 0 saturated carbocycles. The molecule has 0 radical (unpaired) electrons. The molecule has 1 atom stereocenters. The van der Waals surface area contributed by atoms with Gasteiger partial charge in [-0.3, -0.25) is 4.90 Å². The molecule has 0 unspecified atom stereocenters. The molecule has 8 heteroatoms. The van der Waals surface area contributed by atoms with E-state index in [0.717, 1.165) is 43.1 Å². The zero-order chi connectivity index (χ0) is 23.5. The van der Waals surface area contributed by atoms with Gasteiger partial charge in [-0.2, -0.15) is 0 Å². The van der Waals surface area contributed by atoms with Crippen molar-refractivity contribution in [1.82, 2.24) is 9.62 Å². The first-order valence-corrected chi connectivity index (χ1v) is 13.0. The van der Waals surface area contributed by atoms with Crippen molar-refractivity contribution in [3.63, 3.8) is 0 Å². The van der Waals surface area contributed by atoms with Crippen LogP contribution in [0.15, 0.2) is 77.7 Å². The molecule has 0 amide bonds. The summed E-state index contributed by atoms with van der Waals surface area (Å²) in [4.78, 5) is 4.98. The minimum atomic E-state index is -3.63. The molecule has 2 aliphatic rings. The summed E-state index contributed by atoms with van der Waals surface area (Å²) >= 11 is 0. The van der Waals surface area contributed by atoms with Gasteiger partial charge < -0.3 is 14.4 Å². The second-order valence-electron chi connectivity index (χ2n) is 8.65. The molecule has 0 aliphatic carbocycles. The highest BCUT2D eigenvalue weighted by molar-refractivity contribution is 7.89. The predicted molar refractivity (Wildman–Crippen MR) is 132 cm³/mol. The summed E-state index contributed by atoms with van der Waals surface area (Å²) in [6.45, 7) is 5.79. The number of hydrogen-bond acceptors (Lipinski definition) is 6. The van der Waals surface area contributed by atoms with Gasteiger partial charge in [-0.1, -0.05) is 42.0 Å². The normalized spacial score (nSPS) is 17.0. The Labute approximate surface area is 201 Å². The average molecular weight is 480 g/mol. The van der Waals surface area contributed by atoms with Crippen LogP contribution >= 0.6 is 0 Å². The number of fused-ring (bicyclic) bond motifs is 1. The number of piperazine rings is 1. The summed E-state index contributed by atoms with van der Waals surface area (Å²) in [6, 6.07) is 23.0. The number of rotatable bonds is 7. The molecular weight excluding hydrogens is 450 g/mol. The summed E-state index contributed by atoms with van der Waals surface area (Å²) in [6.07, 6.45) is 0. The fraction of sp³-hybridized carbons (Fsp3) is 0.308. The van der Waals surface area contributed by atoms with E-state index in [4.69, 9.17) is 9.47 Å². The molecule has 2 aliphatic heterocycles. The molecule has 3 aromatic rings. The molecule has 5 rings (SSSR count). The predicted octanol–water partition coefficient (Wildman–Crippen LogP) is 3.57. The van der Waals surface area contributed by atoms with Crippen molar-refractivity contribution in [1.29, 1.82) is 0 Å². The van der Waals surface area contributed by atoms with Gasteiger partial charge in [0.15, 0.2) is 11.5 Å². The Morgan fingerprint density at radius 3 is 2.32 bits per heavy atom. The molecule has 0 bridgehead atoms. The van der Waals surface area contributed by atoms with Crippen LogP contribution in [0, 0.1) is 6.92 Å². The fourth-order valence-corrected chi connectivity index (χ4v) is 5.54. The van der Waals surface area contributed by atoms with Gasteiger partial charge in [-0.25, -0.2) is 13.1 Å². The smallest absolute Gasteiger partial charge is 0.240 e. The third kappa shape index (κ3) is 4.89. The van der Waals surface area contributed by atoms with Gasteiger partial charge in [-0.05, 0) is 48.9 Å². The van der Waals surface area contributed by atoms with Crippen molar-refractivity contribution in [3.8, 4) is 11.5 Å². The van der Waals surface area contributed by atoms with E-state index in [0.29, 0.717) is 5.75 Å². The maximum atomic E-state index is 13.0. The molecule has 2 heterocycles. The van der Waals surface area contributed by atoms with Crippen LogP contribution in [0.3, 0.4) is 0 Å². The maximum absolute atomic E-state index is 13.0. The highest BCUT2D eigenvalue weighted by Gasteiger charge is 2.28. The second-order valence-corrected chi connectivity index (χ2v) is 10.4. The number of ether oxygens (including phenoxy) is 2. The molecule has 1 fully saturated rings. The molecule has 7 nitrogen and oxygen atoms in total. The van der Waals surface area contributed by atoms with Crippen LogP contribution in [0.4, 0.5) is 5.69 Å². The third-order valence-electron chi connectivity index (χ3n) is 6.46. The van der Waals surface area contributed by atoms with E-state index in [1.165, 1.54) is 5.69 Å². The van der Waals surface area contributed by atoms with Crippen LogP contribution in [0.5, 0.6) is 11.5 Å². The van der Waals surface area contributed by atoms with E-state index in [9.17, 15) is 8.42 Å². The minimum absolute atomic E-state index is 0.132. The Kier molecular flexibility index (Phi) is 6.45. The van der Waals surface area contributed by atoms with Gasteiger partial charge >= 0.3 is 0 Å². The van der Waals surface area contributed by atoms with Gasteiger partial charge in [-0.15, -0.1) is 0 Å². The van der Waals surface area contributed by atoms with E-state index in [1.54, 1.807) is 12.1 Å². The quantitative estimate of drug-likeness (QED) is 0.559. The first-order chi connectivity index (χ1) is 16.5. The van der Waals surface area contributed by atoms with Crippen molar-refractivity contribution in [2.75, 3.05) is 44.4 Å². The van der Waals surface area contributed by atoms with Gasteiger partial charge in [0.1, 0.15) is 0 Å². The van der Waals surface area contributed by atoms with Crippen LogP contribution in [0.1, 0.15) is 17.2 Å². The van der Waals surface area contributed by atoms with Crippen LogP contribution < -0.4 is 19.1 Å². The van der Waals surface area contributed by atoms with E-state index in [1.807, 2.05) is 43.3 Å². The second kappa shape index (κ2) is 9.66. The maximum Gasteiger partial charge on any atom is 0.240 e. The van der Waals surface area contributed by atoms with Crippen LogP contribution in [0.25, 0.3) is 0 Å². The highest BCUT2D eigenvalue weighted by Crippen LogP contribution is 2.36. The lowest BCUT2D eigenvalue weighted by Gasteiger charge is -2.40. The molecule has 34 heavy (non-hydrogen) atoms. The van der Waals surface area contributed by atoms with Gasteiger partial charge in [0.05, 0.1) is 4.90 Å². The summed E-state index contributed by atoms with van der Waals surface area (Å²) in [5.74, 6) is 1.42. The van der Waals surface area contributed by atoms with E-state index in [-0.39, 0.29) is 24.3 Å². The lowest BCUT2D eigenvalue weighted by atomic mass is 10.0.